The van der Waals surface area contributed by atoms with Crippen molar-refractivity contribution in [3.8, 4) is 5.75 Å². The summed E-state index contributed by atoms with van der Waals surface area (Å²) in [6.45, 7) is 17.6. The number of aromatic nitrogens is 1. The van der Waals surface area contributed by atoms with Crippen LogP contribution in [0.15, 0.2) is 36.5 Å². The topological polar surface area (TPSA) is 36.4 Å². The summed E-state index contributed by atoms with van der Waals surface area (Å²) in [7, 11) is 0. The summed E-state index contributed by atoms with van der Waals surface area (Å²) in [6.07, 6.45) is 4.34. The molecule has 0 bridgehead atoms. The molecule has 1 fully saturated rings. The van der Waals surface area contributed by atoms with Crippen LogP contribution in [0.1, 0.15) is 89.7 Å². The van der Waals surface area contributed by atoms with Crippen molar-refractivity contribution in [2.24, 2.45) is 5.92 Å². The molecule has 1 saturated heterocycles. The molecule has 3 nitrogen and oxygen atoms in total. The first-order valence-corrected chi connectivity index (χ1v) is 11.0. The third kappa shape index (κ3) is 4.83. The number of benzene rings is 1. The molecule has 0 unspecified atom stereocenters. The normalized spacial score (nSPS) is 18.0. The van der Waals surface area contributed by atoms with Crippen molar-refractivity contribution in [2.45, 2.75) is 78.2 Å². The monoisotopic (exact) mass is 394 g/mol. The second-order valence-corrected chi connectivity index (χ2v) is 10.8. The summed E-state index contributed by atoms with van der Waals surface area (Å²) in [5.41, 5.74) is 4.10. The molecular formula is C26H38N2O. The molecule has 1 aliphatic heterocycles. The van der Waals surface area contributed by atoms with E-state index in [1.807, 2.05) is 12.3 Å². The summed E-state index contributed by atoms with van der Waals surface area (Å²) in [5, 5.41) is 11.2. The quantitative estimate of drug-likeness (QED) is 0.673. The van der Waals surface area contributed by atoms with Crippen molar-refractivity contribution in [3.63, 3.8) is 0 Å². The van der Waals surface area contributed by atoms with E-state index in [1.165, 1.54) is 18.4 Å². The second-order valence-electron chi connectivity index (χ2n) is 10.8. The predicted molar refractivity (Wildman–Crippen MR) is 122 cm³/mol. The van der Waals surface area contributed by atoms with Gasteiger partial charge in [-0.3, -0.25) is 9.88 Å². The van der Waals surface area contributed by atoms with Gasteiger partial charge in [0, 0.05) is 6.20 Å². The first-order chi connectivity index (χ1) is 13.5. The SMILES string of the molecule is CC1CCN([C@@H](c2cc(C(C)(C)C)c(O)c(C(C)(C)C)c2)c2ccccn2)CC1. The van der Waals surface area contributed by atoms with Gasteiger partial charge in [-0.05, 0) is 83.6 Å². The van der Waals surface area contributed by atoms with Gasteiger partial charge in [-0.15, -0.1) is 0 Å². The molecule has 1 N–H and O–H groups in total. The highest BCUT2D eigenvalue weighted by Crippen LogP contribution is 2.43. The number of nitrogens with zero attached hydrogens (tertiary/aromatic N) is 2. The van der Waals surface area contributed by atoms with Gasteiger partial charge in [0.1, 0.15) is 5.75 Å². The van der Waals surface area contributed by atoms with Crippen molar-refractivity contribution in [2.75, 3.05) is 13.1 Å². The Bertz CT molecular complexity index is 787. The Kier molecular flexibility index (Phi) is 6.10. The molecule has 158 valence electrons. The van der Waals surface area contributed by atoms with Gasteiger partial charge in [0.15, 0.2) is 0 Å². The lowest BCUT2D eigenvalue weighted by atomic mass is 9.77. The first kappa shape index (κ1) is 21.8. The molecule has 2 heterocycles. The molecule has 1 aliphatic rings. The summed E-state index contributed by atoms with van der Waals surface area (Å²) in [5.74, 6) is 1.23. The Morgan fingerprint density at radius 1 is 0.966 bits per heavy atom. The molecule has 0 spiro atoms. The van der Waals surface area contributed by atoms with Crippen LogP contribution in [0.25, 0.3) is 0 Å². The Labute approximate surface area is 177 Å². The molecule has 1 atom stereocenters. The smallest absolute Gasteiger partial charge is 0.123 e. The third-order valence-electron chi connectivity index (χ3n) is 6.22. The van der Waals surface area contributed by atoms with E-state index in [-0.39, 0.29) is 16.9 Å². The van der Waals surface area contributed by atoms with Crippen LogP contribution >= 0.6 is 0 Å². The summed E-state index contributed by atoms with van der Waals surface area (Å²) >= 11 is 0. The Morgan fingerprint density at radius 3 is 1.97 bits per heavy atom. The zero-order valence-corrected chi connectivity index (χ0v) is 19.3. The minimum absolute atomic E-state index is 0.117. The maximum absolute atomic E-state index is 11.2. The molecule has 29 heavy (non-hydrogen) atoms. The lowest BCUT2D eigenvalue weighted by molar-refractivity contribution is 0.155. The number of phenols is 1. The van der Waals surface area contributed by atoms with E-state index < -0.39 is 0 Å². The molecule has 3 rings (SSSR count). The predicted octanol–water partition coefficient (Wildman–Crippen LogP) is 6.20. The average molecular weight is 395 g/mol. The standard InChI is InChI=1S/C26H38N2O/c1-18-11-14-28(15-12-18)23(22-10-8-9-13-27-22)19-16-20(25(2,3)4)24(29)21(17-19)26(5,6)7/h8-10,13,16-18,23,29H,11-12,14-15H2,1-7H3/t23-/m0/s1. The van der Waals surface area contributed by atoms with Crippen molar-refractivity contribution in [1.29, 1.82) is 0 Å². The molecule has 0 aliphatic carbocycles. The highest BCUT2D eigenvalue weighted by atomic mass is 16.3. The molecular weight excluding hydrogens is 356 g/mol. The number of piperidine rings is 1. The fourth-order valence-corrected chi connectivity index (χ4v) is 4.35. The highest BCUT2D eigenvalue weighted by Gasteiger charge is 2.32. The lowest BCUT2D eigenvalue weighted by Gasteiger charge is -2.38. The number of pyridine rings is 1. The van der Waals surface area contributed by atoms with Gasteiger partial charge in [0.25, 0.3) is 0 Å². The van der Waals surface area contributed by atoms with Crippen LogP contribution in [0.2, 0.25) is 0 Å². The van der Waals surface area contributed by atoms with E-state index in [0.29, 0.717) is 5.75 Å². The van der Waals surface area contributed by atoms with E-state index in [4.69, 9.17) is 4.98 Å². The number of hydrogen-bond acceptors (Lipinski definition) is 3. The van der Waals surface area contributed by atoms with Gasteiger partial charge in [0.2, 0.25) is 0 Å². The van der Waals surface area contributed by atoms with E-state index in [0.717, 1.165) is 35.8 Å². The van der Waals surface area contributed by atoms with Gasteiger partial charge in [0.05, 0.1) is 11.7 Å². The molecule has 2 aromatic rings. The van der Waals surface area contributed by atoms with Crippen LogP contribution in [0.4, 0.5) is 0 Å². The number of phenolic OH excluding ortho intramolecular Hbond substituents is 1. The number of aromatic hydroxyl groups is 1. The number of rotatable bonds is 3. The third-order valence-corrected chi connectivity index (χ3v) is 6.22. The maximum Gasteiger partial charge on any atom is 0.123 e. The van der Waals surface area contributed by atoms with E-state index >= 15 is 0 Å². The number of hydrogen-bond donors (Lipinski definition) is 1. The molecule has 3 heteroatoms. The average Bonchev–Trinajstić information content (AvgIpc) is 2.63. The Balaban J connectivity index is 2.19. The maximum atomic E-state index is 11.2. The van der Waals surface area contributed by atoms with Crippen LogP contribution in [-0.2, 0) is 10.8 Å². The van der Waals surface area contributed by atoms with Gasteiger partial charge in [-0.2, -0.15) is 0 Å². The number of likely N-dealkylation sites (tertiary alicyclic amines) is 1. The molecule has 1 aromatic carbocycles. The van der Waals surface area contributed by atoms with E-state index in [9.17, 15) is 5.11 Å². The summed E-state index contributed by atoms with van der Waals surface area (Å²) in [4.78, 5) is 7.33. The van der Waals surface area contributed by atoms with Crippen LogP contribution in [-0.4, -0.2) is 28.1 Å². The summed E-state index contributed by atoms with van der Waals surface area (Å²) in [6, 6.07) is 10.8. The first-order valence-electron chi connectivity index (χ1n) is 11.0. The Morgan fingerprint density at radius 2 is 1.52 bits per heavy atom. The van der Waals surface area contributed by atoms with Gasteiger partial charge in [-0.25, -0.2) is 0 Å². The van der Waals surface area contributed by atoms with Gasteiger partial charge in [-0.1, -0.05) is 54.5 Å². The van der Waals surface area contributed by atoms with Crippen LogP contribution < -0.4 is 0 Å². The highest BCUT2D eigenvalue weighted by molar-refractivity contribution is 5.51. The van der Waals surface area contributed by atoms with Crippen molar-refractivity contribution in [3.05, 3.63) is 58.9 Å². The van der Waals surface area contributed by atoms with Crippen LogP contribution in [0, 0.1) is 5.92 Å². The van der Waals surface area contributed by atoms with E-state index in [2.05, 4.69) is 77.6 Å². The fraction of sp³-hybridized carbons (Fsp3) is 0.577. The lowest BCUT2D eigenvalue weighted by Crippen LogP contribution is -2.37. The van der Waals surface area contributed by atoms with Crippen molar-refractivity contribution in [1.82, 2.24) is 9.88 Å². The van der Waals surface area contributed by atoms with Crippen LogP contribution in [0.5, 0.6) is 5.75 Å². The molecule has 1 aromatic heterocycles. The van der Waals surface area contributed by atoms with Crippen molar-refractivity contribution >= 4 is 0 Å². The molecule has 0 saturated carbocycles. The van der Waals surface area contributed by atoms with Gasteiger partial charge >= 0.3 is 0 Å². The zero-order valence-electron chi connectivity index (χ0n) is 19.3. The second kappa shape index (κ2) is 8.10. The zero-order chi connectivity index (χ0) is 21.4. The summed E-state index contributed by atoms with van der Waals surface area (Å²) < 4.78 is 0. The molecule has 0 radical (unpaired) electrons. The largest absolute Gasteiger partial charge is 0.507 e. The molecule has 0 amide bonds. The van der Waals surface area contributed by atoms with E-state index in [1.54, 1.807) is 0 Å². The fourth-order valence-electron chi connectivity index (χ4n) is 4.35. The Hall–Kier alpha value is -1.87. The van der Waals surface area contributed by atoms with Gasteiger partial charge < -0.3 is 5.11 Å². The van der Waals surface area contributed by atoms with Crippen molar-refractivity contribution < 1.29 is 5.11 Å². The van der Waals surface area contributed by atoms with Crippen LogP contribution in [0.3, 0.4) is 0 Å². The minimum atomic E-state index is -0.134. The minimum Gasteiger partial charge on any atom is -0.507 e.